The van der Waals surface area contributed by atoms with E-state index in [1.807, 2.05) is 0 Å². The molecule has 1 amide bonds. The Kier molecular flexibility index (Phi) is 5.97. The van der Waals surface area contributed by atoms with Crippen molar-refractivity contribution >= 4 is 49.9 Å². The molecule has 0 spiro atoms. The summed E-state index contributed by atoms with van der Waals surface area (Å²) in [6.07, 6.45) is 0. The minimum absolute atomic E-state index is 0.106. The molecule has 1 heterocycles. The first-order chi connectivity index (χ1) is 12.6. The van der Waals surface area contributed by atoms with E-state index in [0.29, 0.717) is 5.69 Å². The third kappa shape index (κ3) is 5.15. The number of hydrogen-bond acceptors (Lipinski definition) is 7. The smallest absolute Gasteiger partial charge is 0.357 e. The van der Waals surface area contributed by atoms with Crippen LogP contribution < -0.4 is 21.5 Å². The molecule has 144 valence electrons. The van der Waals surface area contributed by atoms with Crippen LogP contribution >= 0.6 is 11.3 Å². The van der Waals surface area contributed by atoms with Gasteiger partial charge in [0.2, 0.25) is 5.91 Å². The highest BCUT2D eigenvalue weighted by atomic mass is 32.2. The van der Waals surface area contributed by atoms with Crippen molar-refractivity contribution in [2.75, 3.05) is 10.0 Å². The number of nitrogens with one attached hydrogen (secondary N) is 2. The first-order valence-electron chi connectivity index (χ1n) is 7.29. The second-order valence-electron chi connectivity index (χ2n) is 5.18. The molecule has 0 saturated heterocycles. The van der Waals surface area contributed by atoms with Gasteiger partial charge >= 0.3 is 5.97 Å². The van der Waals surface area contributed by atoms with Crippen molar-refractivity contribution in [3.8, 4) is 0 Å². The van der Waals surface area contributed by atoms with Gasteiger partial charge in [0, 0.05) is 5.69 Å². The molecule has 2 rings (SSSR count). The Bertz CT molecular complexity index is 980. The van der Waals surface area contributed by atoms with E-state index < -0.39 is 27.9 Å². The van der Waals surface area contributed by atoms with Gasteiger partial charge in [0.05, 0.1) is 10.4 Å². The van der Waals surface area contributed by atoms with Gasteiger partial charge in [-0.3, -0.25) is 9.52 Å². The van der Waals surface area contributed by atoms with E-state index in [-0.39, 0.29) is 21.6 Å². The lowest BCUT2D eigenvalue weighted by Gasteiger charge is -2.10. The molecule has 0 aliphatic rings. The molecule has 11 nitrogen and oxygen atoms in total. The Balaban J connectivity index is 2.14. The predicted octanol–water partition coefficient (Wildman–Crippen LogP) is 0.243. The van der Waals surface area contributed by atoms with Crippen LogP contribution in [0.3, 0.4) is 0 Å². The lowest BCUT2D eigenvalue weighted by atomic mass is 10.3. The molecule has 1 aromatic carbocycles. The summed E-state index contributed by atoms with van der Waals surface area (Å²) in [5.74, 6) is -2.05. The molecule has 0 radical (unpaired) electrons. The topological polar surface area (TPSA) is 190 Å². The number of thiazole rings is 1. The highest BCUT2D eigenvalue weighted by molar-refractivity contribution is 7.93. The number of anilines is 2. The van der Waals surface area contributed by atoms with Crippen LogP contribution in [-0.2, 0) is 14.8 Å². The molecule has 1 unspecified atom stereocenters. The number of sulfonamides is 1. The van der Waals surface area contributed by atoms with Gasteiger partial charge in [-0.15, -0.1) is 11.3 Å². The normalized spacial score (nSPS) is 12.0. The summed E-state index contributed by atoms with van der Waals surface area (Å²) in [6, 6.07) is 4.44. The van der Waals surface area contributed by atoms with Gasteiger partial charge in [0.25, 0.3) is 10.0 Å². The van der Waals surface area contributed by atoms with Crippen molar-refractivity contribution in [1.82, 2.24) is 4.98 Å². The molecule has 7 N–H and O–H groups in total. The summed E-state index contributed by atoms with van der Waals surface area (Å²) in [6.45, 7) is 1.49. The number of benzene rings is 1. The fourth-order valence-corrected chi connectivity index (χ4v) is 3.89. The van der Waals surface area contributed by atoms with Crippen molar-refractivity contribution in [3.05, 3.63) is 35.5 Å². The van der Waals surface area contributed by atoms with E-state index in [2.05, 4.69) is 20.0 Å². The van der Waals surface area contributed by atoms with Crippen LogP contribution in [0.1, 0.15) is 17.4 Å². The van der Waals surface area contributed by atoms with E-state index in [9.17, 15) is 18.0 Å². The first kappa shape index (κ1) is 20.1. The number of hydrogen-bond donors (Lipinski definition) is 5. The Hall–Kier alpha value is -3.19. The quantitative estimate of drug-likeness (QED) is 0.315. The molecule has 27 heavy (non-hydrogen) atoms. The zero-order valence-corrected chi connectivity index (χ0v) is 15.5. The standard InChI is InChI=1S/C14H16N6O5S2/c1-7(18-14(15)16)11(21)19-8-2-4-9(5-3-8)27(24,25)20-12-10(13(22)23)17-6-26-12/h2-7,20H,1H3,(H,19,21)(H,22,23)(H4,15,16,18). The Morgan fingerprint density at radius 1 is 1.26 bits per heavy atom. The SMILES string of the molecule is CC(N=C(N)N)C(=O)Nc1ccc(S(=O)(=O)Nc2scnc2C(=O)O)cc1. The average molecular weight is 412 g/mol. The number of aromatic nitrogens is 1. The van der Waals surface area contributed by atoms with Crippen molar-refractivity contribution in [2.24, 2.45) is 16.5 Å². The maximum Gasteiger partial charge on any atom is 0.357 e. The third-order valence-corrected chi connectivity index (χ3v) is 5.39. The summed E-state index contributed by atoms with van der Waals surface area (Å²) in [5.41, 5.74) is 11.6. The highest BCUT2D eigenvalue weighted by Crippen LogP contribution is 2.24. The van der Waals surface area contributed by atoms with Crippen LogP contribution in [0, 0.1) is 0 Å². The molecule has 0 bridgehead atoms. The van der Waals surface area contributed by atoms with Crippen LogP contribution in [0.25, 0.3) is 0 Å². The Labute approximate surface area is 158 Å². The summed E-state index contributed by atoms with van der Waals surface area (Å²) in [4.78, 5) is 30.1. The van der Waals surface area contributed by atoms with Gasteiger partial charge in [-0.2, -0.15) is 0 Å². The second-order valence-corrected chi connectivity index (χ2v) is 7.72. The number of carboxylic acid groups (broad SMARTS) is 1. The molecule has 1 atom stereocenters. The number of nitrogens with two attached hydrogens (primary N) is 2. The zero-order chi connectivity index (χ0) is 20.2. The Morgan fingerprint density at radius 3 is 2.44 bits per heavy atom. The molecular weight excluding hydrogens is 396 g/mol. The van der Waals surface area contributed by atoms with Crippen LogP contribution in [0.2, 0.25) is 0 Å². The van der Waals surface area contributed by atoms with Gasteiger partial charge in [-0.05, 0) is 31.2 Å². The fraction of sp³-hybridized carbons (Fsp3) is 0.143. The number of guanidine groups is 1. The molecule has 0 saturated carbocycles. The number of carbonyl (C=O) groups excluding carboxylic acids is 1. The van der Waals surface area contributed by atoms with Crippen molar-refractivity contribution < 1.29 is 23.1 Å². The van der Waals surface area contributed by atoms with Crippen molar-refractivity contribution in [1.29, 1.82) is 0 Å². The number of amides is 1. The fourth-order valence-electron chi connectivity index (χ4n) is 1.90. The maximum atomic E-state index is 12.4. The van der Waals surface area contributed by atoms with E-state index in [1.165, 1.54) is 36.7 Å². The van der Waals surface area contributed by atoms with Gasteiger partial charge < -0.3 is 21.9 Å². The molecule has 1 aromatic heterocycles. The van der Waals surface area contributed by atoms with Crippen molar-refractivity contribution in [2.45, 2.75) is 17.9 Å². The number of aliphatic imine (C=N–C) groups is 1. The largest absolute Gasteiger partial charge is 0.476 e. The first-order valence-corrected chi connectivity index (χ1v) is 9.65. The van der Waals surface area contributed by atoms with Crippen LogP contribution in [0.5, 0.6) is 0 Å². The summed E-state index contributed by atoms with van der Waals surface area (Å²) >= 11 is 0.847. The minimum Gasteiger partial charge on any atom is -0.476 e. The van der Waals surface area contributed by atoms with Crippen LogP contribution in [-0.4, -0.2) is 42.4 Å². The van der Waals surface area contributed by atoms with Gasteiger partial charge in [-0.1, -0.05) is 0 Å². The van der Waals surface area contributed by atoms with E-state index >= 15 is 0 Å². The van der Waals surface area contributed by atoms with Crippen LogP contribution in [0.4, 0.5) is 10.7 Å². The van der Waals surface area contributed by atoms with Crippen LogP contribution in [0.15, 0.2) is 39.7 Å². The molecule has 13 heteroatoms. The summed E-state index contributed by atoms with van der Waals surface area (Å²) in [7, 11) is -4.03. The lowest BCUT2D eigenvalue weighted by molar-refractivity contribution is -0.117. The molecule has 0 fully saturated rings. The van der Waals surface area contributed by atoms with Gasteiger partial charge in [-0.25, -0.2) is 23.2 Å². The molecule has 0 aliphatic carbocycles. The lowest BCUT2D eigenvalue weighted by Crippen LogP contribution is -2.30. The molecule has 2 aromatic rings. The number of nitrogens with zero attached hydrogens (tertiary/aromatic N) is 2. The summed E-state index contributed by atoms with van der Waals surface area (Å²) < 4.78 is 26.9. The second kappa shape index (κ2) is 8.01. The zero-order valence-electron chi connectivity index (χ0n) is 13.9. The number of rotatable bonds is 7. The Morgan fingerprint density at radius 2 is 1.89 bits per heavy atom. The minimum atomic E-state index is -4.03. The van der Waals surface area contributed by atoms with Gasteiger partial charge in [0.15, 0.2) is 11.7 Å². The number of aromatic carboxylic acids is 1. The van der Waals surface area contributed by atoms with E-state index in [0.717, 1.165) is 11.3 Å². The molecule has 0 aliphatic heterocycles. The number of carboxylic acids is 1. The average Bonchev–Trinajstić information content (AvgIpc) is 3.02. The van der Waals surface area contributed by atoms with E-state index in [4.69, 9.17) is 16.6 Å². The summed E-state index contributed by atoms with van der Waals surface area (Å²) in [5, 5.41) is 11.4. The number of carbonyl (C=O) groups is 2. The third-order valence-electron chi connectivity index (χ3n) is 3.15. The predicted molar refractivity (Wildman–Crippen MR) is 100 cm³/mol. The molecular formula is C14H16N6O5S2. The van der Waals surface area contributed by atoms with E-state index in [1.54, 1.807) is 0 Å². The maximum absolute atomic E-state index is 12.4. The monoisotopic (exact) mass is 412 g/mol. The van der Waals surface area contributed by atoms with Gasteiger partial charge in [0.1, 0.15) is 11.0 Å². The highest BCUT2D eigenvalue weighted by Gasteiger charge is 2.21. The van der Waals surface area contributed by atoms with Crippen molar-refractivity contribution in [3.63, 3.8) is 0 Å².